The van der Waals surface area contributed by atoms with E-state index in [0.29, 0.717) is 0 Å². The predicted molar refractivity (Wildman–Crippen MR) is 46.9 cm³/mol. The number of hydrogen-bond acceptors (Lipinski definition) is 4. The van der Waals surface area contributed by atoms with Gasteiger partial charge in [0.25, 0.3) is 5.69 Å². The number of nitro groups is 1. The van der Waals surface area contributed by atoms with E-state index >= 15 is 0 Å². The first-order chi connectivity index (χ1) is 5.52. The predicted octanol–water partition coefficient (Wildman–Crippen LogP) is 1.65. The molecule has 0 aromatic heterocycles. The number of hydrogen-bond donors (Lipinski definition) is 2. The van der Waals surface area contributed by atoms with Crippen LogP contribution in [0.4, 0.5) is 11.4 Å². The Kier molecular flexibility index (Phi) is 2.18. The summed E-state index contributed by atoms with van der Waals surface area (Å²) in [6.07, 6.45) is 0. The molecule has 0 aliphatic heterocycles. The van der Waals surface area contributed by atoms with Crippen molar-refractivity contribution in [1.82, 2.24) is 0 Å². The highest BCUT2D eigenvalue weighted by atomic mass is 79.9. The van der Waals surface area contributed by atoms with Crippen molar-refractivity contribution < 1.29 is 10.0 Å². The Labute approximate surface area is 76.1 Å². The quantitative estimate of drug-likeness (QED) is 0.334. The first kappa shape index (κ1) is 8.79. The van der Waals surface area contributed by atoms with Gasteiger partial charge in [-0.15, -0.1) is 0 Å². The Morgan fingerprint density at radius 1 is 1.58 bits per heavy atom. The fourth-order valence-corrected chi connectivity index (χ4v) is 1.17. The molecule has 0 bridgehead atoms. The summed E-state index contributed by atoms with van der Waals surface area (Å²) in [5.41, 5.74) is 5.10. The molecular formula is C6H5BrN2O3. The van der Waals surface area contributed by atoms with Crippen LogP contribution < -0.4 is 5.73 Å². The van der Waals surface area contributed by atoms with Gasteiger partial charge in [0.15, 0.2) is 5.75 Å². The second-order valence-electron chi connectivity index (χ2n) is 2.12. The molecule has 0 heterocycles. The molecule has 1 rings (SSSR count). The molecule has 0 fully saturated rings. The lowest BCUT2D eigenvalue weighted by atomic mass is 10.2. The number of anilines is 1. The van der Waals surface area contributed by atoms with E-state index in [1.54, 1.807) is 0 Å². The normalized spacial score (nSPS) is 9.75. The Bertz CT molecular complexity index is 317. The van der Waals surface area contributed by atoms with E-state index in [9.17, 15) is 10.1 Å². The van der Waals surface area contributed by atoms with Gasteiger partial charge in [0.2, 0.25) is 0 Å². The number of phenols is 1. The molecule has 0 aliphatic carbocycles. The van der Waals surface area contributed by atoms with Crippen LogP contribution in [0, 0.1) is 10.1 Å². The van der Waals surface area contributed by atoms with E-state index in [2.05, 4.69) is 15.9 Å². The van der Waals surface area contributed by atoms with E-state index in [1.807, 2.05) is 0 Å². The van der Waals surface area contributed by atoms with Gasteiger partial charge in [0, 0.05) is 12.1 Å². The number of nitrogen functional groups attached to an aromatic ring is 1. The van der Waals surface area contributed by atoms with Gasteiger partial charge in [0.05, 0.1) is 15.1 Å². The average molecular weight is 233 g/mol. The molecule has 0 saturated heterocycles. The molecule has 1 aromatic rings. The molecule has 64 valence electrons. The number of phenolic OH excluding ortho intramolecular Hbond substituents is 1. The SMILES string of the molecule is Nc1cc([N+](=O)[O-])cc(Br)c1O. The number of rotatable bonds is 1. The van der Waals surface area contributed by atoms with Crippen LogP contribution in [-0.4, -0.2) is 10.0 Å². The lowest BCUT2D eigenvalue weighted by Gasteiger charge is -2.00. The smallest absolute Gasteiger partial charge is 0.272 e. The van der Waals surface area contributed by atoms with Gasteiger partial charge in [-0.05, 0) is 15.9 Å². The summed E-state index contributed by atoms with van der Waals surface area (Å²) in [5, 5.41) is 19.4. The van der Waals surface area contributed by atoms with Gasteiger partial charge < -0.3 is 10.8 Å². The summed E-state index contributed by atoms with van der Waals surface area (Å²) in [7, 11) is 0. The monoisotopic (exact) mass is 232 g/mol. The van der Waals surface area contributed by atoms with Gasteiger partial charge in [-0.3, -0.25) is 10.1 Å². The molecule has 0 atom stereocenters. The standard InChI is InChI=1S/C6H5BrN2O3/c7-4-1-3(9(11)12)2-5(8)6(4)10/h1-2,10H,8H2. The minimum atomic E-state index is -0.583. The van der Waals surface area contributed by atoms with Gasteiger partial charge in [0.1, 0.15) is 0 Å². The number of halogens is 1. The Morgan fingerprint density at radius 3 is 2.58 bits per heavy atom. The molecule has 0 radical (unpaired) electrons. The lowest BCUT2D eigenvalue weighted by molar-refractivity contribution is -0.384. The minimum absolute atomic E-state index is 0.0175. The van der Waals surface area contributed by atoms with Crippen molar-refractivity contribution >= 4 is 27.3 Å². The van der Waals surface area contributed by atoms with Crippen molar-refractivity contribution in [1.29, 1.82) is 0 Å². The average Bonchev–Trinajstić information content (AvgIpc) is 1.99. The summed E-state index contributed by atoms with van der Waals surface area (Å²) in [6, 6.07) is 2.28. The van der Waals surface area contributed by atoms with E-state index in [4.69, 9.17) is 10.8 Å². The van der Waals surface area contributed by atoms with Crippen LogP contribution in [0.3, 0.4) is 0 Å². The topological polar surface area (TPSA) is 89.4 Å². The number of nitro benzene ring substituents is 1. The zero-order valence-electron chi connectivity index (χ0n) is 5.82. The first-order valence-corrected chi connectivity index (χ1v) is 3.74. The van der Waals surface area contributed by atoms with Crippen LogP contribution in [0.5, 0.6) is 5.75 Å². The van der Waals surface area contributed by atoms with Crippen LogP contribution in [-0.2, 0) is 0 Å². The van der Waals surface area contributed by atoms with Crippen molar-refractivity contribution in [2.45, 2.75) is 0 Å². The number of benzene rings is 1. The summed E-state index contributed by atoms with van der Waals surface area (Å²) in [4.78, 5) is 9.68. The largest absolute Gasteiger partial charge is 0.505 e. The molecule has 0 unspecified atom stereocenters. The summed E-state index contributed by atoms with van der Waals surface area (Å²) in [6.45, 7) is 0. The maximum absolute atomic E-state index is 10.3. The molecule has 0 saturated carbocycles. The lowest BCUT2D eigenvalue weighted by Crippen LogP contribution is -1.92. The highest BCUT2D eigenvalue weighted by Gasteiger charge is 2.11. The van der Waals surface area contributed by atoms with Crippen LogP contribution >= 0.6 is 15.9 Å². The Morgan fingerprint density at radius 2 is 2.17 bits per heavy atom. The van der Waals surface area contributed by atoms with Crippen molar-refractivity contribution in [3.8, 4) is 5.75 Å². The number of aromatic hydroxyl groups is 1. The zero-order chi connectivity index (χ0) is 9.30. The van der Waals surface area contributed by atoms with Gasteiger partial charge in [-0.1, -0.05) is 0 Å². The van der Waals surface area contributed by atoms with E-state index in [1.165, 1.54) is 6.07 Å². The van der Waals surface area contributed by atoms with Crippen molar-refractivity contribution in [3.63, 3.8) is 0 Å². The molecule has 5 nitrogen and oxygen atoms in total. The molecule has 0 amide bonds. The maximum atomic E-state index is 10.3. The Balaban J connectivity index is 3.31. The molecule has 1 aromatic carbocycles. The van der Waals surface area contributed by atoms with Crippen molar-refractivity contribution in [2.75, 3.05) is 5.73 Å². The number of non-ortho nitro benzene ring substituents is 1. The van der Waals surface area contributed by atoms with Crippen LogP contribution in [0.2, 0.25) is 0 Å². The third kappa shape index (κ3) is 1.48. The molecule has 0 aliphatic rings. The highest BCUT2D eigenvalue weighted by Crippen LogP contribution is 2.33. The third-order valence-electron chi connectivity index (χ3n) is 1.29. The van der Waals surface area contributed by atoms with E-state index < -0.39 is 4.92 Å². The second-order valence-corrected chi connectivity index (χ2v) is 2.98. The summed E-state index contributed by atoms with van der Waals surface area (Å²) >= 11 is 2.93. The van der Waals surface area contributed by atoms with Crippen LogP contribution in [0.1, 0.15) is 0 Å². The first-order valence-electron chi connectivity index (χ1n) is 2.94. The highest BCUT2D eigenvalue weighted by molar-refractivity contribution is 9.10. The van der Waals surface area contributed by atoms with Crippen LogP contribution in [0.25, 0.3) is 0 Å². The summed E-state index contributed by atoms with van der Waals surface area (Å²) in [5.74, 6) is -0.180. The molecule has 12 heavy (non-hydrogen) atoms. The van der Waals surface area contributed by atoms with E-state index in [-0.39, 0.29) is 21.6 Å². The van der Waals surface area contributed by atoms with Crippen molar-refractivity contribution in [3.05, 3.63) is 26.7 Å². The maximum Gasteiger partial charge on any atom is 0.272 e. The molecule has 0 spiro atoms. The zero-order valence-corrected chi connectivity index (χ0v) is 7.41. The fourth-order valence-electron chi connectivity index (χ4n) is 0.711. The fraction of sp³-hybridized carbons (Fsp3) is 0. The second kappa shape index (κ2) is 2.98. The molecule has 3 N–H and O–H groups in total. The van der Waals surface area contributed by atoms with Gasteiger partial charge in [-0.2, -0.15) is 0 Å². The molecular weight excluding hydrogens is 228 g/mol. The third-order valence-corrected chi connectivity index (χ3v) is 1.89. The van der Waals surface area contributed by atoms with Crippen molar-refractivity contribution in [2.24, 2.45) is 0 Å². The van der Waals surface area contributed by atoms with Crippen LogP contribution in [0.15, 0.2) is 16.6 Å². The van der Waals surface area contributed by atoms with Gasteiger partial charge in [-0.25, -0.2) is 0 Å². The number of nitrogens with zero attached hydrogens (tertiary/aromatic N) is 1. The van der Waals surface area contributed by atoms with E-state index in [0.717, 1.165) is 6.07 Å². The molecule has 6 heteroatoms. The van der Waals surface area contributed by atoms with Gasteiger partial charge >= 0.3 is 0 Å². The number of nitrogens with two attached hydrogens (primary N) is 1. The Hall–Kier alpha value is -1.30. The summed E-state index contributed by atoms with van der Waals surface area (Å²) < 4.78 is 0.217. The minimum Gasteiger partial charge on any atom is -0.505 e.